The lowest BCUT2D eigenvalue weighted by atomic mass is 9.89. The number of aromatic nitrogens is 3. The van der Waals surface area contributed by atoms with Crippen molar-refractivity contribution in [3.63, 3.8) is 0 Å². The average Bonchev–Trinajstić information content (AvgIpc) is 3.42. The van der Waals surface area contributed by atoms with Gasteiger partial charge in [0.1, 0.15) is 0 Å². The Hall–Kier alpha value is -3.65. The number of amides is 1. The molecule has 1 amide bonds. The highest BCUT2D eigenvalue weighted by atomic mass is 16.5. The summed E-state index contributed by atoms with van der Waals surface area (Å²) < 4.78 is 12.6. The van der Waals surface area contributed by atoms with Crippen LogP contribution in [-0.4, -0.2) is 53.3 Å². The van der Waals surface area contributed by atoms with E-state index in [1.165, 1.54) is 0 Å². The summed E-state index contributed by atoms with van der Waals surface area (Å²) in [6, 6.07) is 15.0. The number of nitrogens with one attached hydrogen (secondary N) is 1. The van der Waals surface area contributed by atoms with Crippen LogP contribution in [0.1, 0.15) is 24.9 Å². The van der Waals surface area contributed by atoms with E-state index in [2.05, 4.69) is 4.98 Å². The van der Waals surface area contributed by atoms with Crippen molar-refractivity contribution >= 4 is 39.8 Å². The fourth-order valence-corrected chi connectivity index (χ4v) is 4.74. The number of H-pyrrole nitrogens is 1. The van der Waals surface area contributed by atoms with Gasteiger partial charge >= 0.3 is 5.97 Å². The first kappa shape index (κ1) is 21.2. The van der Waals surface area contributed by atoms with Gasteiger partial charge in [-0.2, -0.15) is 0 Å². The summed E-state index contributed by atoms with van der Waals surface area (Å²) in [5.74, 6) is -1.33. The third-order valence-electron chi connectivity index (χ3n) is 6.16. The molecule has 4 aromatic rings. The Kier molecular flexibility index (Phi) is 5.60. The van der Waals surface area contributed by atoms with Gasteiger partial charge in [0.05, 0.1) is 23.7 Å². The quantitative estimate of drug-likeness (QED) is 0.266. The number of anilines is 1. The van der Waals surface area contributed by atoms with E-state index in [0.717, 1.165) is 27.5 Å². The SMILES string of the molecule is CCOC(=O)C1C(=O)N(CCCOC)c2nc3ccccc3n2C1c1c[nH]c2ccccc12. The van der Waals surface area contributed by atoms with E-state index in [0.29, 0.717) is 25.5 Å². The second kappa shape index (κ2) is 8.71. The predicted molar refractivity (Wildman–Crippen MR) is 125 cm³/mol. The summed E-state index contributed by atoms with van der Waals surface area (Å²) in [7, 11) is 1.63. The van der Waals surface area contributed by atoms with Gasteiger partial charge in [-0.15, -0.1) is 0 Å². The van der Waals surface area contributed by atoms with Crippen molar-refractivity contribution in [2.45, 2.75) is 19.4 Å². The molecular weight excluding hydrogens is 420 g/mol. The smallest absolute Gasteiger partial charge is 0.321 e. The lowest BCUT2D eigenvalue weighted by Gasteiger charge is -2.37. The van der Waals surface area contributed by atoms with Gasteiger partial charge < -0.3 is 19.0 Å². The summed E-state index contributed by atoms with van der Waals surface area (Å²) >= 11 is 0. The first-order chi connectivity index (χ1) is 16.2. The van der Waals surface area contributed by atoms with Crippen molar-refractivity contribution in [1.29, 1.82) is 0 Å². The summed E-state index contributed by atoms with van der Waals surface area (Å²) in [4.78, 5) is 36.8. The monoisotopic (exact) mass is 446 g/mol. The molecule has 1 aliphatic rings. The Bertz CT molecular complexity index is 1320. The number of carbonyl (C=O) groups excluding carboxylic acids is 2. The Labute approximate surface area is 191 Å². The normalized spacial score (nSPS) is 18.1. The van der Waals surface area contributed by atoms with Crippen molar-refractivity contribution in [2.75, 3.05) is 31.8 Å². The van der Waals surface area contributed by atoms with Crippen LogP contribution in [0.25, 0.3) is 21.9 Å². The van der Waals surface area contributed by atoms with E-state index in [-0.39, 0.29) is 12.5 Å². The number of nitrogens with zero attached hydrogens (tertiary/aromatic N) is 3. The van der Waals surface area contributed by atoms with E-state index in [4.69, 9.17) is 14.5 Å². The molecule has 2 aromatic carbocycles. The Morgan fingerprint density at radius 1 is 1.15 bits per heavy atom. The minimum Gasteiger partial charge on any atom is -0.465 e. The summed E-state index contributed by atoms with van der Waals surface area (Å²) in [6.07, 6.45) is 2.51. The number of rotatable bonds is 7. The first-order valence-electron chi connectivity index (χ1n) is 11.2. The Morgan fingerprint density at radius 2 is 1.94 bits per heavy atom. The van der Waals surface area contributed by atoms with E-state index >= 15 is 0 Å². The molecule has 170 valence electrons. The minimum atomic E-state index is -1.03. The maximum Gasteiger partial charge on any atom is 0.321 e. The number of aromatic amines is 1. The molecule has 2 unspecified atom stereocenters. The molecule has 0 bridgehead atoms. The Morgan fingerprint density at radius 3 is 2.76 bits per heavy atom. The van der Waals surface area contributed by atoms with Crippen molar-refractivity contribution in [2.24, 2.45) is 5.92 Å². The van der Waals surface area contributed by atoms with Crippen molar-refractivity contribution in [1.82, 2.24) is 14.5 Å². The summed E-state index contributed by atoms with van der Waals surface area (Å²) in [5.41, 5.74) is 3.43. The summed E-state index contributed by atoms with van der Waals surface area (Å²) in [6.45, 7) is 2.84. The van der Waals surface area contributed by atoms with Crippen molar-refractivity contribution in [3.05, 3.63) is 60.3 Å². The number of benzene rings is 2. The van der Waals surface area contributed by atoms with Gasteiger partial charge in [0.25, 0.3) is 0 Å². The molecule has 2 aromatic heterocycles. The van der Waals surface area contributed by atoms with Gasteiger partial charge in [0, 0.05) is 42.9 Å². The molecule has 8 nitrogen and oxygen atoms in total. The Balaban J connectivity index is 1.76. The number of fused-ring (bicyclic) bond motifs is 4. The number of hydrogen-bond acceptors (Lipinski definition) is 5. The molecule has 5 rings (SSSR count). The number of methoxy groups -OCH3 is 1. The molecule has 0 aliphatic carbocycles. The van der Waals surface area contributed by atoms with E-state index in [9.17, 15) is 9.59 Å². The van der Waals surface area contributed by atoms with Crippen LogP contribution in [-0.2, 0) is 19.1 Å². The molecule has 2 atom stereocenters. The third kappa shape index (κ3) is 3.47. The maximum atomic E-state index is 13.8. The van der Waals surface area contributed by atoms with E-state index in [1.807, 2.05) is 59.3 Å². The van der Waals surface area contributed by atoms with Gasteiger partial charge in [0.2, 0.25) is 11.9 Å². The molecule has 1 N–H and O–H groups in total. The van der Waals surface area contributed by atoms with E-state index < -0.39 is 17.9 Å². The van der Waals surface area contributed by atoms with Crippen LogP contribution >= 0.6 is 0 Å². The fourth-order valence-electron chi connectivity index (χ4n) is 4.74. The zero-order chi connectivity index (χ0) is 22.9. The van der Waals surface area contributed by atoms with Gasteiger partial charge in [-0.05, 0) is 31.5 Å². The van der Waals surface area contributed by atoms with Crippen molar-refractivity contribution in [3.8, 4) is 0 Å². The number of esters is 1. The lowest BCUT2D eigenvalue weighted by Crippen LogP contribution is -2.50. The van der Waals surface area contributed by atoms with Crippen LogP contribution < -0.4 is 4.90 Å². The van der Waals surface area contributed by atoms with Crippen molar-refractivity contribution < 1.29 is 19.1 Å². The molecular formula is C25H26N4O4. The molecule has 0 saturated carbocycles. The lowest BCUT2D eigenvalue weighted by molar-refractivity contribution is -0.153. The molecule has 8 heteroatoms. The van der Waals surface area contributed by atoms with Gasteiger partial charge in [0.15, 0.2) is 5.92 Å². The van der Waals surface area contributed by atoms with Crippen LogP contribution in [0.4, 0.5) is 5.95 Å². The highest BCUT2D eigenvalue weighted by Gasteiger charge is 2.48. The zero-order valence-corrected chi connectivity index (χ0v) is 18.7. The summed E-state index contributed by atoms with van der Waals surface area (Å²) in [5, 5.41) is 0.959. The predicted octanol–water partition coefficient (Wildman–Crippen LogP) is 3.67. The number of ether oxygens (including phenoxy) is 2. The molecule has 33 heavy (non-hydrogen) atoms. The molecule has 0 fully saturated rings. The number of hydrogen-bond donors (Lipinski definition) is 1. The molecule has 1 aliphatic heterocycles. The van der Waals surface area contributed by atoms with Crippen LogP contribution in [0.15, 0.2) is 54.7 Å². The number of para-hydroxylation sites is 3. The highest BCUT2D eigenvalue weighted by molar-refractivity contribution is 6.09. The minimum absolute atomic E-state index is 0.199. The second-order valence-electron chi connectivity index (χ2n) is 8.07. The largest absolute Gasteiger partial charge is 0.465 e. The fraction of sp³-hybridized carbons (Fsp3) is 0.320. The number of carbonyl (C=O) groups is 2. The first-order valence-corrected chi connectivity index (χ1v) is 11.2. The topological polar surface area (TPSA) is 89.4 Å². The third-order valence-corrected chi connectivity index (χ3v) is 6.16. The van der Waals surface area contributed by atoms with Gasteiger partial charge in [-0.25, -0.2) is 4.98 Å². The number of imidazole rings is 1. The standard InChI is InChI=1S/C25H26N4O4/c1-3-33-24(31)21-22(17-15-26-18-10-5-4-9-16(17)18)29-20-12-7-6-11-19(20)27-25(29)28(23(21)30)13-8-14-32-2/h4-7,9-12,15,21-22,26H,3,8,13-14H2,1-2H3. The van der Waals surface area contributed by atoms with Crippen LogP contribution in [0.3, 0.4) is 0 Å². The molecule has 0 radical (unpaired) electrons. The second-order valence-corrected chi connectivity index (χ2v) is 8.07. The van der Waals surface area contributed by atoms with Crippen LogP contribution in [0.5, 0.6) is 0 Å². The maximum absolute atomic E-state index is 13.8. The molecule has 0 spiro atoms. The van der Waals surface area contributed by atoms with Gasteiger partial charge in [-0.3, -0.25) is 14.5 Å². The molecule has 0 saturated heterocycles. The average molecular weight is 447 g/mol. The highest BCUT2D eigenvalue weighted by Crippen LogP contribution is 2.43. The molecule has 3 heterocycles. The van der Waals surface area contributed by atoms with Crippen LogP contribution in [0, 0.1) is 5.92 Å². The van der Waals surface area contributed by atoms with Gasteiger partial charge in [-0.1, -0.05) is 30.3 Å². The zero-order valence-electron chi connectivity index (χ0n) is 18.7. The van der Waals surface area contributed by atoms with E-state index in [1.54, 1.807) is 18.9 Å². The van der Waals surface area contributed by atoms with Crippen LogP contribution in [0.2, 0.25) is 0 Å².